The third kappa shape index (κ3) is 4.69. The van der Waals surface area contributed by atoms with Crippen LogP contribution in [0.1, 0.15) is 29.3 Å². The Hall–Kier alpha value is -3.98. The van der Waals surface area contributed by atoms with Crippen molar-refractivity contribution in [3.05, 3.63) is 77.4 Å². The number of rotatable bonds is 5. The number of hydrogen-bond acceptors (Lipinski definition) is 6. The maximum Gasteiger partial charge on any atom is 0.251 e. The van der Waals surface area contributed by atoms with Crippen LogP contribution < -0.4 is 10.1 Å². The number of fused-ring (bicyclic) bond motifs is 1. The summed E-state index contributed by atoms with van der Waals surface area (Å²) in [6.07, 6.45) is 0.428. The molecule has 38 heavy (non-hydrogen) atoms. The lowest BCUT2D eigenvalue weighted by atomic mass is 10.0. The molecule has 0 saturated carbocycles. The van der Waals surface area contributed by atoms with Gasteiger partial charge in [-0.3, -0.25) is 13.9 Å². The van der Waals surface area contributed by atoms with E-state index in [1.807, 2.05) is 6.07 Å². The van der Waals surface area contributed by atoms with Crippen LogP contribution in [0.25, 0.3) is 27.8 Å². The van der Waals surface area contributed by atoms with E-state index in [0.717, 1.165) is 0 Å². The third-order valence-corrected chi connectivity index (χ3v) is 8.56. The van der Waals surface area contributed by atoms with Crippen molar-refractivity contribution in [2.45, 2.75) is 18.9 Å². The molecule has 4 aromatic rings. The number of aromatic nitrogens is 2. The van der Waals surface area contributed by atoms with E-state index < -0.39 is 33.7 Å². The summed E-state index contributed by atoms with van der Waals surface area (Å²) < 4.78 is 55.7. The van der Waals surface area contributed by atoms with Crippen molar-refractivity contribution in [2.75, 3.05) is 18.6 Å². The molecule has 1 aliphatic rings. The van der Waals surface area contributed by atoms with E-state index in [1.54, 1.807) is 25.1 Å². The van der Waals surface area contributed by atoms with Gasteiger partial charge in [-0.05, 0) is 61.9 Å². The second-order valence-electron chi connectivity index (χ2n) is 9.54. The summed E-state index contributed by atoms with van der Waals surface area (Å²) in [5.41, 5.74) is 0.843. The van der Waals surface area contributed by atoms with E-state index in [4.69, 9.17) is 4.74 Å². The first-order chi connectivity index (χ1) is 18.0. The molecule has 5 rings (SSSR count). The summed E-state index contributed by atoms with van der Waals surface area (Å²) in [6, 6.07) is 15.0. The highest BCUT2D eigenvalue weighted by atomic mass is 32.3. The minimum Gasteiger partial charge on any atom is -0.494 e. The quantitative estimate of drug-likeness (QED) is 0.309. The predicted octanol–water partition coefficient (Wildman–Crippen LogP) is 5.49. The van der Waals surface area contributed by atoms with Crippen molar-refractivity contribution < 1.29 is 27.4 Å². The number of halogens is 2. The summed E-state index contributed by atoms with van der Waals surface area (Å²) in [4.78, 5) is 13.2. The Morgan fingerprint density at radius 3 is 2.55 bits per heavy atom. The van der Waals surface area contributed by atoms with Crippen LogP contribution in [0, 0.1) is 23.0 Å². The number of benzene rings is 3. The van der Waals surface area contributed by atoms with Gasteiger partial charge >= 0.3 is 0 Å². The minimum atomic E-state index is -2.73. The number of carbonyl (C=O) groups is 1. The number of ether oxygens (including phenoxy) is 1. The first-order valence-electron chi connectivity index (χ1n) is 11.7. The van der Waals surface area contributed by atoms with Gasteiger partial charge in [-0.2, -0.15) is 21.0 Å². The van der Waals surface area contributed by atoms with Gasteiger partial charge in [0.25, 0.3) is 5.91 Å². The highest BCUT2D eigenvalue weighted by molar-refractivity contribution is 8.24. The lowest BCUT2D eigenvalue weighted by molar-refractivity contribution is 0.0915. The molecular weight excluding hydrogens is 514 g/mol. The van der Waals surface area contributed by atoms with E-state index in [9.17, 15) is 23.6 Å². The largest absolute Gasteiger partial charge is 0.494 e. The van der Waals surface area contributed by atoms with Gasteiger partial charge < -0.3 is 10.1 Å². The molecule has 8 nitrogen and oxygen atoms in total. The molecule has 3 aromatic carbocycles. The molecule has 1 fully saturated rings. The smallest absolute Gasteiger partial charge is 0.251 e. The number of hydrogen-bond donors (Lipinski definition) is 3. The SMILES string of the molecule is COc1cc(C#N)cc(-c2nn(-c3ccc(F)cc3)c3cc(C(=O)NC4(C)CCS(O)(O)C4)ccc23)c1F. The highest BCUT2D eigenvalue weighted by Gasteiger charge is 2.39. The standard InChI is InChI=1S/C27H24F2N4O4S/c1-27(9-10-38(35,36)15-27)31-26(34)17-3-8-20-22(13-17)33(19-6-4-18(28)5-7-19)32-25(20)21-11-16(14-30)12-23(37-2)24(21)29/h3-8,11-13,35-36H,9-10,15H2,1-2H3,(H,31,34). The topological polar surface area (TPSA) is 120 Å². The lowest BCUT2D eigenvalue weighted by Crippen LogP contribution is -2.46. The molecule has 1 saturated heterocycles. The Bertz CT molecular complexity index is 1610. The number of methoxy groups -OCH3 is 1. The lowest BCUT2D eigenvalue weighted by Gasteiger charge is -2.30. The maximum atomic E-state index is 15.4. The van der Waals surface area contributed by atoms with Gasteiger partial charge in [0, 0.05) is 28.3 Å². The van der Waals surface area contributed by atoms with Crippen LogP contribution in [0.2, 0.25) is 0 Å². The Morgan fingerprint density at radius 2 is 1.92 bits per heavy atom. The molecule has 11 heteroatoms. The summed E-state index contributed by atoms with van der Waals surface area (Å²) in [7, 11) is -1.43. The number of nitrogens with one attached hydrogen (secondary N) is 1. The molecular formula is C27H24F2N4O4S. The Kier molecular flexibility index (Phi) is 6.35. The van der Waals surface area contributed by atoms with E-state index in [-0.39, 0.29) is 39.6 Å². The fourth-order valence-corrected chi connectivity index (χ4v) is 6.86. The van der Waals surface area contributed by atoms with Crippen molar-refractivity contribution in [3.8, 4) is 28.8 Å². The zero-order valence-corrected chi connectivity index (χ0v) is 21.4. The summed E-state index contributed by atoms with van der Waals surface area (Å²) in [6.45, 7) is 1.77. The van der Waals surface area contributed by atoms with Crippen LogP contribution in [0.4, 0.5) is 8.78 Å². The molecule has 3 N–H and O–H groups in total. The van der Waals surface area contributed by atoms with Crippen LogP contribution in [-0.4, -0.2) is 48.9 Å². The monoisotopic (exact) mass is 538 g/mol. The maximum absolute atomic E-state index is 15.4. The van der Waals surface area contributed by atoms with Crippen molar-refractivity contribution in [1.29, 1.82) is 5.26 Å². The van der Waals surface area contributed by atoms with Gasteiger partial charge in [-0.25, -0.2) is 13.5 Å². The zero-order chi connectivity index (χ0) is 27.2. The van der Waals surface area contributed by atoms with E-state index >= 15 is 4.39 Å². The van der Waals surface area contributed by atoms with Gasteiger partial charge in [-0.1, -0.05) is 0 Å². The fraction of sp³-hybridized carbons (Fsp3) is 0.222. The number of carbonyl (C=O) groups excluding carboxylic acids is 1. The zero-order valence-electron chi connectivity index (χ0n) is 20.5. The second kappa shape index (κ2) is 9.40. The van der Waals surface area contributed by atoms with Crippen LogP contribution >= 0.6 is 10.6 Å². The van der Waals surface area contributed by atoms with Crippen molar-refractivity contribution >= 4 is 27.4 Å². The number of nitrogens with zero attached hydrogens (tertiary/aromatic N) is 3. The molecule has 1 unspecified atom stereocenters. The predicted molar refractivity (Wildman–Crippen MR) is 141 cm³/mol. The third-order valence-electron chi connectivity index (χ3n) is 6.60. The van der Waals surface area contributed by atoms with E-state index in [2.05, 4.69) is 10.4 Å². The number of amides is 1. The molecule has 2 heterocycles. The average molecular weight is 539 g/mol. The normalized spacial score (nSPS) is 19.2. The average Bonchev–Trinajstić information content (AvgIpc) is 3.40. The molecule has 1 aromatic heterocycles. The van der Waals surface area contributed by atoms with Gasteiger partial charge in [0.1, 0.15) is 11.5 Å². The Balaban J connectivity index is 1.66. The Labute approximate surface area is 218 Å². The first kappa shape index (κ1) is 25.7. The minimum absolute atomic E-state index is 0.0348. The van der Waals surface area contributed by atoms with Crippen molar-refractivity contribution in [1.82, 2.24) is 15.1 Å². The molecule has 196 valence electrons. The fourth-order valence-electron chi connectivity index (χ4n) is 4.71. The van der Waals surface area contributed by atoms with Gasteiger partial charge in [0.05, 0.1) is 41.2 Å². The summed E-state index contributed by atoms with van der Waals surface area (Å²) in [5, 5.41) is 17.4. The number of nitriles is 1. The van der Waals surface area contributed by atoms with E-state index in [1.165, 1.54) is 48.2 Å². The van der Waals surface area contributed by atoms with Crippen LogP contribution in [0.15, 0.2) is 54.6 Å². The molecule has 0 bridgehead atoms. The van der Waals surface area contributed by atoms with E-state index in [0.29, 0.717) is 23.0 Å². The van der Waals surface area contributed by atoms with Crippen molar-refractivity contribution in [3.63, 3.8) is 0 Å². The molecule has 0 aliphatic carbocycles. The Morgan fingerprint density at radius 1 is 1.18 bits per heavy atom. The van der Waals surface area contributed by atoms with Crippen LogP contribution in [0.3, 0.4) is 0 Å². The second-order valence-corrected chi connectivity index (χ2v) is 11.8. The molecule has 1 amide bonds. The molecule has 1 atom stereocenters. The summed E-state index contributed by atoms with van der Waals surface area (Å²) in [5.74, 6) is -1.39. The van der Waals surface area contributed by atoms with Gasteiger partial charge in [0.15, 0.2) is 11.6 Å². The molecule has 1 aliphatic heterocycles. The van der Waals surface area contributed by atoms with Gasteiger partial charge in [0.2, 0.25) is 0 Å². The van der Waals surface area contributed by atoms with Crippen LogP contribution in [0.5, 0.6) is 5.75 Å². The van der Waals surface area contributed by atoms with Gasteiger partial charge in [-0.15, -0.1) is 0 Å². The molecule has 0 radical (unpaired) electrons. The highest BCUT2D eigenvalue weighted by Crippen LogP contribution is 2.50. The summed E-state index contributed by atoms with van der Waals surface area (Å²) >= 11 is 0. The van der Waals surface area contributed by atoms with Crippen molar-refractivity contribution in [2.24, 2.45) is 0 Å². The first-order valence-corrected chi connectivity index (χ1v) is 13.5. The van der Waals surface area contributed by atoms with Crippen LogP contribution in [-0.2, 0) is 0 Å². The molecule has 0 spiro atoms.